The number of halogens is 2. The SMILES string of the molecule is CNc1nc2sc(-c3ccc(F)c(F)c3)nc2c2c1ncn2C. The zero-order valence-electron chi connectivity index (χ0n) is 12.3. The van der Waals surface area contributed by atoms with Crippen molar-refractivity contribution in [2.45, 2.75) is 0 Å². The van der Waals surface area contributed by atoms with E-state index in [1.54, 1.807) is 13.4 Å². The molecule has 0 aliphatic rings. The number of benzene rings is 1. The van der Waals surface area contributed by atoms with E-state index in [9.17, 15) is 8.78 Å². The van der Waals surface area contributed by atoms with E-state index in [0.717, 1.165) is 23.2 Å². The molecule has 5 nitrogen and oxygen atoms in total. The maximum atomic E-state index is 13.5. The smallest absolute Gasteiger partial charge is 0.159 e. The molecule has 8 heteroatoms. The maximum Gasteiger partial charge on any atom is 0.159 e. The molecule has 4 rings (SSSR count). The topological polar surface area (TPSA) is 55.6 Å². The van der Waals surface area contributed by atoms with Crippen LogP contribution in [0, 0.1) is 11.6 Å². The first-order chi connectivity index (χ1) is 11.1. The fourth-order valence-electron chi connectivity index (χ4n) is 2.51. The molecule has 3 heterocycles. The Kier molecular flexibility index (Phi) is 3.02. The predicted molar refractivity (Wildman–Crippen MR) is 86.6 cm³/mol. The first-order valence-corrected chi connectivity index (χ1v) is 7.65. The maximum absolute atomic E-state index is 13.5. The van der Waals surface area contributed by atoms with E-state index in [0.29, 0.717) is 26.7 Å². The van der Waals surface area contributed by atoms with Gasteiger partial charge in [-0.2, -0.15) is 0 Å². The third-order valence-electron chi connectivity index (χ3n) is 3.61. The Labute approximate surface area is 133 Å². The molecule has 1 aromatic carbocycles. The van der Waals surface area contributed by atoms with Crippen molar-refractivity contribution in [3.63, 3.8) is 0 Å². The molecular formula is C15H11F2N5S. The highest BCUT2D eigenvalue weighted by molar-refractivity contribution is 7.21. The fourth-order valence-corrected chi connectivity index (χ4v) is 3.45. The largest absolute Gasteiger partial charge is 0.371 e. The lowest BCUT2D eigenvalue weighted by molar-refractivity contribution is 0.509. The predicted octanol–water partition coefficient (Wildman–Crippen LogP) is 3.56. The van der Waals surface area contributed by atoms with E-state index in [1.807, 2.05) is 11.6 Å². The van der Waals surface area contributed by atoms with Gasteiger partial charge < -0.3 is 9.88 Å². The Morgan fingerprint density at radius 2 is 1.96 bits per heavy atom. The number of hydrogen-bond donors (Lipinski definition) is 1. The van der Waals surface area contributed by atoms with Crippen molar-refractivity contribution in [1.29, 1.82) is 0 Å². The molecule has 0 spiro atoms. The van der Waals surface area contributed by atoms with Gasteiger partial charge in [-0.1, -0.05) is 11.3 Å². The molecule has 0 radical (unpaired) electrons. The van der Waals surface area contributed by atoms with Crippen LogP contribution in [0.3, 0.4) is 0 Å². The summed E-state index contributed by atoms with van der Waals surface area (Å²) < 4.78 is 28.5. The second-order valence-corrected chi connectivity index (χ2v) is 6.04. The number of nitrogens with zero attached hydrogens (tertiary/aromatic N) is 4. The lowest BCUT2D eigenvalue weighted by Gasteiger charge is -2.01. The van der Waals surface area contributed by atoms with Crippen LogP contribution in [0.2, 0.25) is 0 Å². The van der Waals surface area contributed by atoms with Crippen LogP contribution < -0.4 is 5.32 Å². The highest BCUT2D eigenvalue weighted by Gasteiger charge is 2.17. The summed E-state index contributed by atoms with van der Waals surface area (Å²) in [4.78, 5) is 14.1. The minimum atomic E-state index is -0.892. The van der Waals surface area contributed by atoms with Gasteiger partial charge in [0.25, 0.3) is 0 Å². The Morgan fingerprint density at radius 3 is 2.70 bits per heavy atom. The lowest BCUT2D eigenvalue weighted by Crippen LogP contribution is -1.95. The van der Waals surface area contributed by atoms with Gasteiger partial charge in [0.1, 0.15) is 26.4 Å². The number of nitrogens with one attached hydrogen (secondary N) is 1. The van der Waals surface area contributed by atoms with Crippen LogP contribution in [0.1, 0.15) is 0 Å². The number of imidazole rings is 1. The van der Waals surface area contributed by atoms with Gasteiger partial charge in [-0.05, 0) is 18.2 Å². The Bertz CT molecular complexity index is 1050. The van der Waals surface area contributed by atoms with Crippen molar-refractivity contribution in [3.8, 4) is 10.6 Å². The molecule has 0 saturated carbocycles. The summed E-state index contributed by atoms with van der Waals surface area (Å²) in [6, 6.07) is 3.75. The molecule has 0 aliphatic carbocycles. The van der Waals surface area contributed by atoms with Crippen LogP contribution in [0.15, 0.2) is 24.5 Å². The minimum absolute atomic E-state index is 0.522. The molecule has 116 valence electrons. The van der Waals surface area contributed by atoms with E-state index in [4.69, 9.17) is 0 Å². The van der Waals surface area contributed by atoms with E-state index in [1.165, 1.54) is 17.4 Å². The second kappa shape index (κ2) is 4.95. The fraction of sp³-hybridized carbons (Fsp3) is 0.133. The minimum Gasteiger partial charge on any atom is -0.371 e. The van der Waals surface area contributed by atoms with Crippen molar-refractivity contribution in [2.24, 2.45) is 7.05 Å². The standard InChI is InChI=1S/C15H11F2N5S/c1-18-13-10-12(22(2)6-19-10)11-15(21-13)23-14(20-11)7-3-4-8(16)9(17)5-7/h3-6H,1-2H3,(H,18,21). The molecule has 0 bridgehead atoms. The summed E-state index contributed by atoms with van der Waals surface area (Å²) in [7, 11) is 3.66. The van der Waals surface area contributed by atoms with Crippen LogP contribution in [0.4, 0.5) is 14.6 Å². The molecule has 4 aromatic rings. The van der Waals surface area contributed by atoms with Gasteiger partial charge in [-0.3, -0.25) is 0 Å². The number of rotatable bonds is 2. The zero-order valence-corrected chi connectivity index (χ0v) is 13.1. The zero-order chi connectivity index (χ0) is 16.1. The number of aryl methyl sites for hydroxylation is 1. The van der Waals surface area contributed by atoms with E-state index < -0.39 is 11.6 Å². The van der Waals surface area contributed by atoms with Gasteiger partial charge in [0.15, 0.2) is 17.5 Å². The van der Waals surface area contributed by atoms with Gasteiger partial charge in [-0.15, -0.1) is 0 Å². The van der Waals surface area contributed by atoms with E-state index >= 15 is 0 Å². The molecule has 0 atom stereocenters. The van der Waals surface area contributed by atoms with Crippen LogP contribution in [0.25, 0.3) is 32.0 Å². The molecule has 0 unspecified atom stereocenters. The summed E-state index contributed by atoms with van der Waals surface area (Å²) in [6.45, 7) is 0. The summed E-state index contributed by atoms with van der Waals surface area (Å²) >= 11 is 1.33. The van der Waals surface area contributed by atoms with Crippen LogP contribution in [-0.2, 0) is 7.05 Å². The number of aromatic nitrogens is 4. The van der Waals surface area contributed by atoms with Crippen molar-refractivity contribution >= 4 is 38.5 Å². The average Bonchev–Trinajstić information content (AvgIpc) is 3.12. The molecular weight excluding hydrogens is 320 g/mol. The number of anilines is 1. The van der Waals surface area contributed by atoms with E-state index in [2.05, 4.69) is 20.3 Å². The Hall–Kier alpha value is -2.61. The van der Waals surface area contributed by atoms with Crippen molar-refractivity contribution in [1.82, 2.24) is 19.5 Å². The second-order valence-electron chi connectivity index (χ2n) is 5.06. The van der Waals surface area contributed by atoms with Crippen LogP contribution in [0.5, 0.6) is 0 Å². The third-order valence-corrected chi connectivity index (χ3v) is 4.61. The molecule has 0 aliphatic heterocycles. The average molecular weight is 331 g/mol. The van der Waals surface area contributed by atoms with Crippen LogP contribution in [-0.4, -0.2) is 26.6 Å². The number of fused-ring (bicyclic) bond motifs is 3. The first kappa shape index (κ1) is 14.0. The highest BCUT2D eigenvalue weighted by atomic mass is 32.1. The number of hydrogen-bond acceptors (Lipinski definition) is 5. The summed E-state index contributed by atoms with van der Waals surface area (Å²) in [5.41, 5.74) is 2.80. The molecule has 0 amide bonds. The Morgan fingerprint density at radius 1 is 1.13 bits per heavy atom. The summed E-state index contributed by atoms with van der Waals surface area (Å²) in [5.74, 6) is -1.11. The van der Waals surface area contributed by atoms with Crippen molar-refractivity contribution < 1.29 is 8.78 Å². The van der Waals surface area contributed by atoms with Gasteiger partial charge in [-0.25, -0.2) is 23.7 Å². The van der Waals surface area contributed by atoms with Crippen molar-refractivity contribution in [2.75, 3.05) is 12.4 Å². The first-order valence-electron chi connectivity index (χ1n) is 6.83. The van der Waals surface area contributed by atoms with E-state index in [-0.39, 0.29) is 0 Å². The van der Waals surface area contributed by atoms with Gasteiger partial charge in [0, 0.05) is 19.7 Å². The number of thiazole rings is 1. The number of pyridine rings is 1. The monoisotopic (exact) mass is 331 g/mol. The van der Waals surface area contributed by atoms with Gasteiger partial charge in [0.2, 0.25) is 0 Å². The normalized spacial score (nSPS) is 11.5. The summed E-state index contributed by atoms with van der Waals surface area (Å²) in [6.07, 6.45) is 1.70. The summed E-state index contributed by atoms with van der Waals surface area (Å²) in [5, 5.41) is 3.61. The molecule has 0 fully saturated rings. The highest BCUT2D eigenvalue weighted by Crippen LogP contribution is 2.35. The molecule has 1 N–H and O–H groups in total. The Balaban J connectivity index is 2.02. The van der Waals surface area contributed by atoms with Gasteiger partial charge >= 0.3 is 0 Å². The molecule has 0 saturated heterocycles. The van der Waals surface area contributed by atoms with Crippen LogP contribution >= 0.6 is 11.3 Å². The quantitative estimate of drug-likeness (QED) is 0.610. The van der Waals surface area contributed by atoms with Gasteiger partial charge in [0.05, 0.1) is 6.33 Å². The van der Waals surface area contributed by atoms with Crippen molar-refractivity contribution in [3.05, 3.63) is 36.2 Å². The molecule has 23 heavy (non-hydrogen) atoms. The third kappa shape index (κ3) is 2.06. The molecule has 3 aromatic heterocycles. The lowest BCUT2D eigenvalue weighted by atomic mass is 10.2.